The Kier molecular flexibility index (Phi) is 3.13. The monoisotopic (exact) mass is 197 g/mol. The molecule has 0 heterocycles. The van der Waals surface area contributed by atoms with Crippen LogP contribution in [-0.2, 0) is 0 Å². The van der Waals surface area contributed by atoms with Gasteiger partial charge in [0.15, 0.2) is 0 Å². The molecule has 1 rings (SSSR count). The van der Waals surface area contributed by atoms with Gasteiger partial charge in [0, 0.05) is 11.1 Å². The van der Waals surface area contributed by atoms with Crippen LogP contribution in [0.2, 0.25) is 0 Å². The van der Waals surface area contributed by atoms with Crippen molar-refractivity contribution in [2.24, 2.45) is 22.2 Å². The van der Waals surface area contributed by atoms with Gasteiger partial charge in [0.2, 0.25) is 0 Å². The Hall–Kier alpha value is -1.06. The zero-order valence-corrected chi connectivity index (χ0v) is 9.13. The lowest BCUT2D eigenvalue weighted by Gasteiger charge is -2.35. The highest BCUT2D eigenvalue weighted by Gasteiger charge is 2.33. The van der Waals surface area contributed by atoms with E-state index < -0.39 is 6.03 Å². The summed E-state index contributed by atoms with van der Waals surface area (Å²) in [4.78, 5) is 10.6. The molecule has 14 heavy (non-hydrogen) atoms. The third-order valence-electron chi connectivity index (χ3n) is 2.89. The Balaban J connectivity index is 2.79. The molecule has 2 amide bonds. The summed E-state index contributed by atoms with van der Waals surface area (Å²) in [5, 5.41) is 4.11. The first-order valence-electron chi connectivity index (χ1n) is 5.07. The fourth-order valence-corrected chi connectivity index (χ4v) is 2.16. The lowest BCUT2D eigenvalue weighted by molar-refractivity contribution is 0.249. The van der Waals surface area contributed by atoms with Crippen molar-refractivity contribution in [3.05, 3.63) is 0 Å². The van der Waals surface area contributed by atoms with Crippen molar-refractivity contribution in [1.82, 2.24) is 5.43 Å². The van der Waals surface area contributed by atoms with E-state index in [1.54, 1.807) is 0 Å². The van der Waals surface area contributed by atoms with Gasteiger partial charge in [0.1, 0.15) is 0 Å². The number of amides is 2. The van der Waals surface area contributed by atoms with Gasteiger partial charge < -0.3 is 5.73 Å². The maximum atomic E-state index is 10.6. The molecule has 1 fully saturated rings. The zero-order chi connectivity index (χ0) is 10.8. The second-order valence-corrected chi connectivity index (χ2v) is 4.65. The van der Waals surface area contributed by atoms with Crippen LogP contribution < -0.4 is 11.2 Å². The summed E-state index contributed by atoms with van der Waals surface area (Å²) in [6, 6.07) is -0.592. The quantitative estimate of drug-likeness (QED) is 0.619. The van der Waals surface area contributed by atoms with E-state index in [1.165, 1.54) is 6.42 Å². The van der Waals surface area contributed by atoms with E-state index in [0.717, 1.165) is 18.6 Å². The number of hydrogen-bond donors (Lipinski definition) is 2. The number of rotatable bonds is 1. The highest BCUT2D eigenvalue weighted by Crippen LogP contribution is 2.35. The second-order valence-electron chi connectivity index (χ2n) is 4.65. The Morgan fingerprint density at radius 1 is 1.64 bits per heavy atom. The number of nitrogens with two attached hydrogens (primary N) is 1. The summed E-state index contributed by atoms with van der Waals surface area (Å²) in [7, 11) is 0. The van der Waals surface area contributed by atoms with Gasteiger partial charge in [0.05, 0.1) is 0 Å². The molecule has 4 heteroatoms. The molecule has 1 atom stereocenters. The minimum atomic E-state index is -0.592. The van der Waals surface area contributed by atoms with Gasteiger partial charge in [-0.25, -0.2) is 10.2 Å². The normalized spacial score (nSPS) is 28.8. The lowest BCUT2D eigenvalue weighted by atomic mass is 9.71. The third kappa shape index (κ3) is 2.47. The Morgan fingerprint density at radius 3 is 2.79 bits per heavy atom. The minimum absolute atomic E-state index is 0.0834. The topological polar surface area (TPSA) is 67.5 Å². The molecule has 1 aliphatic carbocycles. The molecule has 0 spiro atoms. The molecular weight excluding hydrogens is 178 g/mol. The summed E-state index contributed by atoms with van der Waals surface area (Å²) in [5.74, 6) is 0.436. The van der Waals surface area contributed by atoms with Crippen molar-refractivity contribution in [3.63, 3.8) is 0 Å². The van der Waals surface area contributed by atoms with Gasteiger partial charge in [-0.1, -0.05) is 27.2 Å². The van der Waals surface area contributed by atoms with Crippen molar-refractivity contribution in [2.75, 3.05) is 0 Å². The lowest BCUT2D eigenvalue weighted by Crippen LogP contribution is -2.37. The number of carbonyl (C=O) groups is 1. The highest BCUT2D eigenvalue weighted by atomic mass is 16.2. The Labute approximate surface area is 84.9 Å². The largest absolute Gasteiger partial charge is 0.350 e. The van der Waals surface area contributed by atoms with Crippen molar-refractivity contribution >= 4 is 11.7 Å². The fourth-order valence-electron chi connectivity index (χ4n) is 2.16. The van der Waals surface area contributed by atoms with Crippen LogP contribution in [-0.4, -0.2) is 11.7 Å². The molecule has 0 radical (unpaired) electrons. The molecule has 0 saturated heterocycles. The SMILES string of the molecule is CC1CCCC(C)(C)C1=NNC(N)=O. The molecule has 0 aromatic heterocycles. The average Bonchev–Trinajstić information content (AvgIpc) is 2.01. The fraction of sp³-hybridized carbons (Fsp3) is 0.800. The molecule has 0 aromatic rings. The van der Waals surface area contributed by atoms with E-state index in [4.69, 9.17) is 5.73 Å². The van der Waals surface area contributed by atoms with Crippen LogP contribution >= 0.6 is 0 Å². The molecule has 1 aliphatic rings. The minimum Gasteiger partial charge on any atom is -0.350 e. The molecule has 0 bridgehead atoms. The molecule has 1 unspecified atom stereocenters. The zero-order valence-electron chi connectivity index (χ0n) is 9.13. The van der Waals surface area contributed by atoms with Gasteiger partial charge in [-0.3, -0.25) is 0 Å². The summed E-state index contributed by atoms with van der Waals surface area (Å²) in [5.41, 5.74) is 8.46. The van der Waals surface area contributed by atoms with Gasteiger partial charge >= 0.3 is 6.03 Å². The van der Waals surface area contributed by atoms with Crippen LogP contribution in [0.5, 0.6) is 0 Å². The Morgan fingerprint density at radius 2 is 2.29 bits per heavy atom. The summed E-state index contributed by atoms with van der Waals surface area (Å²) in [6.07, 6.45) is 3.49. The van der Waals surface area contributed by atoms with E-state index in [-0.39, 0.29) is 5.41 Å². The smallest absolute Gasteiger partial charge is 0.332 e. The number of hydrogen-bond acceptors (Lipinski definition) is 2. The summed E-state index contributed by atoms with van der Waals surface area (Å²) >= 11 is 0. The van der Waals surface area contributed by atoms with Gasteiger partial charge in [-0.2, -0.15) is 5.10 Å². The highest BCUT2D eigenvalue weighted by molar-refractivity contribution is 5.92. The van der Waals surface area contributed by atoms with Crippen molar-refractivity contribution in [3.8, 4) is 0 Å². The first kappa shape index (κ1) is 11.0. The van der Waals surface area contributed by atoms with E-state index in [0.29, 0.717) is 5.92 Å². The molecule has 3 N–H and O–H groups in total. The molecule has 1 saturated carbocycles. The second kappa shape index (κ2) is 3.98. The van der Waals surface area contributed by atoms with E-state index in [9.17, 15) is 4.79 Å². The number of nitrogens with one attached hydrogen (secondary N) is 1. The molecule has 0 aromatic carbocycles. The van der Waals surface area contributed by atoms with Crippen LogP contribution in [0.1, 0.15) is 40.0 Å². The van der Waals surface area contributed by atoms with Gasteiger partial charge in [-0.15, -0.1) is 0 Å². The standard InChI is InChI=1S/C10H19N3O/c1-7-5-4-6-10(2,3)8(7)12-13-9(11)14/h7H,4-6H2,1-3H3,(H3,11,13,14). The molecule has 0 aliphatic heterocycles. The summed E-state index contributed by atoms with van der Waals surface area (Å²) < 4.78 is 0. The van der Waals surface area contributed by atoms with Crippen LogP contribution in [0.3, 0.4) is 0 Å². The molecule has 4 nitrogen and oxygen atoms in total. The van der Waals surface area contributed by atoms with Gasteiger partial charge in [-0.05, 0) is 18.8 Å². The van der Waals surface area contributed by atoms with Crippen molar-refractivity contribution in [1.29, 1.82) is 0 Å². The maximum Gasteiger partial charge on any atom is 0.332 e. The first-order chi connectivity index (χ1) is 6.43. The number of primary amides is 1. The predicted molar refractivity (Wildman–Crippen MR) is 57.0 cm³/mol. The summed E-state index contributed by atoms with van der Waals surface area (Å²) in [6.45, 7) is 6.46. The Bertz CT molecular complexity index is 258. The van der Waals surface area contributed by atoms with Crippen LogP contribution in [0.15, 0.2) is 5.10 Å². The third-order valence-corrected chi connectivity index (χ3v) is 2.89. The average molecular weight is 197 g/mol. The number of carbonyl (C=O) groups excluding carboxylic acids is 1. The maximum absolute atomic E-state index is 10.6. The van der Waals surface area contributed by atoms with Gasteiger partial charge in [0.25, 0.3) is 0 Å². The van der Waals surface area contributed by atoms with Crippen LogP contribution in [0.4, 0.5) is 4.79 Å². The number of hydrazone groups is 1. The predicted octanol–water partition coefficient (Wildman–Crippen LogP) is 1.86. The van der Waals surface area contributed by atoms with Crippen molar-refractivity contribution in [2.45, 2.75) is 40.0 Å². The first-order valence-corrected chi connectivity index (χ1v) is 5.07. The van der Waals surface area contributed by atoms with E-state index >= 15 is 0 Å². The number of nitrogens with zero attached hydrogens (tertiary/aromatic N) is 1. The molecule has 80 valence electrons. The van der Waals surface area contributed by atoms with Crippen molar-refractivity contribution < 1.29 is 4.79 Å². The van der Waals surface area contributed by atoms with E-state index in [2.05, 4.69) is 31.3 Å². The van der Waals surface area contributed by atoms with E-state index in [1.807, 2.05) is 0 Å². The van der Waals surface area contributed by atoms with Crippen LogP contribution in [0, 0.1) is 11.3 Å². The molecular formula is C10H19N3O. The van der Waals surface area contributed by atoms with Crippen LogP contribution in [0.25, 0.3) is 0 Å². The number of urea groups is 1.